The summed E-state index contributed by atoms with van der Waals surface area (Å²) in [5, 5.41) is 0. The highest BCUT2D eigenvalue weighted by Crippen LogP contribution is 2.43. The monoisotopic (exact) mass is 211 g/mol. The van der Waals surface area contributed by atoms with E-state index < -0.39 is 0 Å². The fourth-order valence-electron chi connectivity index (χ4n) is 2.52. The van der Waals surface area contributed by atoms with Crippen LogP contribution in [-0.2, 0) is 4.79 Å². The maximum atomic E-state index is 11.9. The Morgan fingerprint density at radius 3 is 2.27 bits per heavy atom. The summed E-state index contributed by atoms with van der Waals surface area (Å²) >= 11 is 0. The lowest BCUT2D eigenvalue weighted by Gasteiger charge is -2.40. The highest BCUT2D eigenvalue weighted by atomic mass is 16.1. The largest absolute Gasteiger partial charge is 0.330 e. The van der Waals surface area contributed by atoms with Gasteiger partial charge in [-0.25, -0.2) is 0 Å². The van der Waals surface area contributed by atoms with E-state index in [0.717, 1.165) is 38.5 Å². The molecule has 0 aromatic rings. The number of hydrogen-bond donors (Lipinski definition) is 1. The summed E-state index contributed by atoms with van der Waals surface area (Å²) in [5.41, 5.74) is 5.96. The van der Waals surface area contributed by atoms with Crippen LogP contribution in [0.2, 0.25) is 0 Å². The van der Waals surface area contributed by atoms with Gasteiger partial charge >= 0.3 is 0 Å². The van der Waals surface area contributed by atoms with Crippen molar-refractivity contribution in [2.24, 2.45) is 17.1 Å². The topological polar surface area (TPSA) is 43.1 Å². The Labute approximate surface area is 93.6 Å². The van der Waals surface area contributed by atoms with Gasteiger partial charge in [0.15, 0.2) is 0 Å². The average Bonchev–Trinajstić information content (AvgIpc) is 2.20. The summed E-state index contributed by atoms with van der Waals surface area (Å²) in [6, 6.07) is 0. The molecular weight excluding hydrogens is 186 g/mol. The Balaban J connectivity index is 2.34. The van der Waals surface area contributed by atoms with Crippen LogP contribution in [0.25, 0.3) is 0 Å². The molecule has 1 aliphatic carbocycles. The number of hydrogen-bond acceptors (Lipinski definition) is 2. The third kappa shape index (κ3) is 3.30. The van der Waals surface area contributed by atoms with E-state index in [1.807, 2.05) is 0 Å². The normalized spacial score (nSPS) is 18.9. The fraction of sp³-hybridized carbons (Fsp3) is 0.923. The molecule has 2 heteroatoms. The summed E-state index contributed by atoms with van der Waals surface area (Å²) in [7, 11) is 0. The van der Waals surface area contributed by atoms with Gasteiger partial charge in [0.2, 0.25) is 0 Å². The van der Waals surface area contributed by atoms with Crippen molar-refractivity contribution in [3.05, 3.63) is 0 Å². The van der Waals surface area contributed by atoms with Gasteiger partial charge in [0, 0.05) is 12.8 Å². The molecule has 0 heterocycles. The fourth-order valence-corrected chi connectivity index (χ4v) is 2.52. The SMILES string of the molecule is CCC(CC)CC(=O)CC1(CN)CCC1. The molecule has 0 aliphatic heterocycles. The van der Waals surface area contributed by atoms with Crippen molar-refractivity contribution in [2.45, 2.75) is 58.8 Å². The van der Waals surface area contributed by atoms with Crippen molar-refractivity contribution in [3.63, 3.8) is 0 Å². The molecule has 2 N–H and O–H groups in total. The Morgan fingerprint density at radius 1 is 1.33 bits per heavy atom. The smallest absolute Gasteiger partial charge is 0.133 e. The minimum Gasteiger partial charge on any atom is -0.330 e. The zero-order valence-electron chi connectivity index (χ0n) is 10.2. The van der Waals surface area contributed by atoms with Gasteiger partial charge in [0.1, 0.15) is 5.78 Å². The number of carbonyl (C=O) groups is 1. The van der Waals surface area contributed by atoms with Crippen molar-refractivity contribution in [1.29, 1.82) is 0 Å². The Hall–Kier alpha value is -0.370. The van der Waals surface area contributed by atoms with Gasteiger partial charge in [-0.1, -0.05) is 33.1 Å². The number of Topliss-reactive ketones (excluding diaryl/α,β-unsaturated/α-hetero) is 1. The maximum absolute atomic E-state index is 11.9. The molecule has 2 nitrogen and oxygen atoms in total. The molecule has 0 unspecified atom stereocenters. The highest BCUT2D eigenvalue weighted by Gasteiger charge is 2.37. The molecule has 0 amide bonds. The standard InChI is InChI=1S/C13H25NO/c1-3-11(4-2)8-12(15)9-13(10-14)6-5-7-13/h11H,3-10,14H2,1-2H3. The van der Waals surface area contributed by atoms with Crippen LogP contribution in [0.5, 0.6) is 0 Å². The first-order valence-electron chi connectivity index (χ1n) is 6.37. The Bertz CT molecular complexity index is 199. The van der Waals surface area contributed by atoms with Crippen LogP contribution >= 0.6 is 0 Å². The minimum atomic E-state index is 0.198. The van der Waals surface area contributed by atoms with Gasteiger partial charge in [-0.15, -0.1) is 0 Å². The number of nitrogens with two attached hydrogens (primary N) is 1. The van der Waals surface area contributed by atoms with Crippen molar-refractivity contribution < 1.29 is 4.79 Å². The van der Waals surface area contributed by atoms with E-state index in [4.69, 9.17) is 5.73 Å². The summed E-state index contributed by atoms with van der Waals surface area (Å²) in [5.74, 6) is 1.03. The second-order valence-electron chi connectivity index (χ2n) is 5.16. The first kappa shape index (κ1) is 12.7. The lowest BCUT2D eigenvalue weighted by Crippen LogP contribution is -2.39. The third-order valence-corrected chi connectivity index (χ3v) is 4.09. The lowest BCUT2D eigenvalue weighted by atomic mass is 9.65. The van der Waals surface area contributed by atoms with Crippen LogP contribution in [0, 0.1) is 11.3 Å². The van der Waals surface area contributed by atoms with Crippen molar-refractivity contribution in [3.8, 4) is 0 Å². The summed E-state index contributed by atoms with van der Waals surface area (Å²) in [4.78, 5) is 11.9. The number of ketones is 1. The molecule has 0 spiro atoms. The predicted octanol–water partition coefficient (Wildman–Crippen LogP) is 2.90. The summed E-state index contributed by atoms with van der Waals surface area (Å²) in [6.07, 6.45) is 7.34. The second-order valence-corrected chi connectivity index (χ2v) is 5.16. The van der Waals surface area contributed by atoms with Crippen LogP contribution in [0.1, 0.15) is 58.8 Å². The number of rotatable bonds is 7. The first-order chi connectivity index (χ1) is 7.15. The van der Waals surface area contributed by atoms with E-state index in [9.17, 15) is 4.79 Å². The molecule has 1 aliphatic rings. The third-order valence-electron chi connectivity index (χ3n) is 4.09. The van der Waals surface area contributed by atoms with Gasteiger partial charge in [-0.3, -0.25) is 4.79 Å². The molecule has 0 saturated heterocycles. The van der Waals surface area contributed by atoms with Gasteiger partial charge in [0.25, 0.3) is 0 Å². The van der Waals surface area contributed by atoms with E-state index in [-0.39, 0.29) is 5.41 Å². The van der Waals surface area contributed by atoms with Crippen LogP contribution < -0.4 is 5.73 Å². The quantitative estimate of drug-likeness (QED) is 0.703. The average molecular weight is 211 g/mol. The molecule has 1 rings (SSSR count). The lowest BCUT2D eigenvalue weighted by molar-refractivity contribution is -0.123. The summed E-state index contributed by atoms with van der Waals surface area (Å²) < 4.78 is 0. The number of carbonyl (C=O) groups excluding carboxylic acids is 1. The van der Waals surface area contributed by atoms with Crippen molar-refractivity contribution in [2.75, 3.05) is 6.54 Å². The molecule has 0 atom stereocenters. The van der Waals surface area contributed by atoms with Crippen LogP contribution in [0.3, 0.4) is 0 Å². The molecule has 0 bridgehead atoms. The first-order valence-corrected chi connectivity index (χ1v) is 6.37. The molecule has 0 aromatic carbocycles. The van der Waals surface area contributed by atoms with Gasteiger partial charge in [-0.05, 0) is 30.7 Å². The minimum absolute atomic E-state index is 0.198. The molecular formula is C13H25NO. The Morgan fingerprint density at radius 2 is 1.93 bits per heavy atom. The molecule has 1 saturated carbocycles. The van der Waals surface area contributed by atoms with E-state index in [2.05, 4.69) is 13.8 Å². The van der Waals surface area contributed by atoms with E-state index in [1.54, 1.807) is 0 Å². The zero-order chi connectivity index (χ0) is 11.3. The highest BCUT2D eigenvalue weighted by molar-refractivity contribution is 5.79. The van der Waals surface area contributed by atoms with Gasteiger partial charge in [0.05, 0.1) is 0 Å². The molecule has 0 radical (unpaired) electrons. The Kier molecular flexibility index (Phi) is 4.78. The van der Waals surface area contributed by atoms with E-state index in [0.29, 0.717) is 18.2 Å². The van der Waals surface area contributed by atoms with Crippen LogP contribution in [0.4, 0.5) is 0 Å². The maximum Gasteiger partial charge on any atom is 0.133 e. The van der Waals surface area contributed by atoms with Crippen molar-refractivity contribution >= 4 is 5.78 Å². The van der Waals surface area contributed by atoms with E-state index >= 15 is 0 Å². The van der Waals surface area contributed by atoms with Gasteiger partial charge in [-0.2, -0.15) is 0 Å². The molecule has 1 fully saturated rings. The second kappa shape index (κ2) is 5.64. The van der Waals surface area contributed by atoms with Crippen LogP contribution in [0.15, 0.2) is 0 Å². The van der Waals surface area contributed by atoms with Crippen LogP contribution in [-0.4, -0.2) is 12.3 Å². The summed E-state index contributed by atoms with van der Waals surface area (Å²) in [6.45, 7) is 5.04. The molecule has 88 valence electrons. The van der Waals surface area contributed by atoms with E-state index in [1.165, 1.54) is 6.42 Å². The molecule has 0 aromatic heterocycles. The predicted molar refractivity (Wildman–Crippen MR) is 63.7 cm³/mol. The zero-order valence-corrected chi connectivity index (χ0v) is 10.2. The molecule has 15 heavy (non-hydrogen) atoms. The van der Waals surface area contributed by atoms with Crippen molar-refractivity contribution in [1.82, 2.24) is 0 Å². The van der Waals surface area contributed by atoms with Gasteiger partial charge < -0.3 is 5.73 Å².